The number of hydrogen-bond donors (Lipinski definition) is 0. The van der Waals surface area contributed by atoms with Crippen LogP contribution in [0.2, 0.25) is 0 Å². The Morgan fingerprint density at radius 2 is 1.30 bits per heavy atom. The number of nitrogens with zero attached hydrogens (tertiary/aromatic N) is 4. The first-order valence-corrected chi connectivity index (χ1v) is 8.95. The molecule has 0 unspecified atom stereocenters. The lowest BCUT2D eigenvalue weighted by Gasteiger charge is -2.39. The Morgan fingerprint density at radius 3 is 1.75 bits per heavy atom. The highest BCUT2D eigenvalue weighted by Crippen LogP contribution is 2.15. The summed E-state index contributed by atoms with van der Waals surface area (Å²) in [5.41, 5.74) is 0. The number of rotatable bonds is 4. The van der Waals surface area contributed by atoms with Crippen LogP contribution in [0, 0.1) is 5.92 Å². The maximum atomic E-state index is 12.6. The fourth-order valence-electron chi connectivity index (χ4n) is 2.84. The average Bonchev–Trinajstić information content (AvgIpc) is 2.39. The minimum absolute atomic E-state index is 0.616. The molecule has 20 heavy (non-hydrogen) atoms. The van der Waals surface area contributed by atoms with E-state index in [4.69, 9.17) is 0 Å². The van der Waals surface area contributed by atoms with E-state index in [9.17, 15) is 8.42 Å². The minimum Gasteiger partial charge on any atom is -0.304 e. The maximum absolute atomic E-state index is 12.6. The maximum Gasteiger partial charge on any atom is 0.282 e. The SMILES string of the molecule is CC(C)CN1CCN(S(=O)(=O)N2CCN(C)CC2)CC1. The Labute approximate surface area is 123 Å². The van der Waals surface area contributed by atoms with Crippen molar-refractivity contribution in [3.05, 3.63) is 0 Å². The molecule has 0 spiro atoms. The highest BCUT2D eigenvalue weighted by molar-refractivity contribution is 7.86. The molecular weight excluding hydrogens is 276 g/mol. The fraction of sp³-hybridized carbons (Fsp3) is 1.00. The van der Waals surface area contributed by atoms with Crippen LogP contribution in [-0.2, 0) is 10.2 Å². The lowest BCUT2D eigenvalue weighted by atomic mass is 10.2. The highest BCUT2D eigenvalue weighted by atomic mass is 32.2. The van der Waals surface area contributed by atoms with Gasteiger partial charge < -0.3 is 9.80 Å². The minimum atomic E-state index is -3.25. The molecule has 0 aliphatic carbocycles. The van der Waals surface area contributed by atoms with E-state index in [0.29, 0.717) is 32.1 Å². The summed E-state index contributed by atoms with van der Waals surface area (Å²) in [6.45, 7) is 11.3. The molecule has 2 aliphatic rings. The summed E-state index contributed by atoms with van der Waals surface area (Å²) in [6, 6.07) is 0. The van der Waals surface area contributed by atoms with Gasteiger partial charge in [0.05, 0.1) is 0 Å². The molecule has 0 aromatic carbocycles. The highest BCUT2D eigenvalue weighted by Gasteiger charge is 2.33. The van der Waals surface area contributed by atoms with Gasteiger partial charge in [-0.3, -0.25) is 0 Å². The summed E-state index contributed by atoms with van der Waals surface area (Å²) in [5.74, 6) is 0.635. The Morgan fingerprint density at radius 1 is 0.850 bits per heavy atom. The third-order valence-electron chi connectivity index (χ3n) is 4.07. The summed E-state index contributed by atoms with van der Waals surface area (Å²) >= 11 is 0. The average molecular weight is 304 g/mol. The quantitative estimate of drug-likeness (QED) is 0.719. The van der Waals surface area contributed by atoms with E-state index < -0.39 is 10.2 Å². The zero-order valence-electron chi connectivity index (χ0n) is 13.0. The Bertz CT molecular complexity index is 397. The van der Waals surface area contributed by atoms with E-state index >= 15 is 0 Å². The van der Waals surface area contributed by atoms with Crippen LogP contribution in [0.5, 0.6) is 0 Å². The van der Waals surface area contributed by atoms with Crippen LogP contribution in [0.1, 0.15) is 13.8 Å². The van der Waals surface area contributed by atoms with E-state index in [0.717, 1.165) is 32.7 Å². The van der Waals surface area contributed by atoms with Crippen molar-refractivity contribution in [3.63, 3.8) is 0 Å². The number of likely N-dealkylation sites (N-methyl/N-ethyl adjacent to an activating group) is 1. The van der Waals surface area contributed by atoms with Gasteiger partial charge in [-0.1, -0.05) is 13.8 Å². The molecule has 118 valence electrons. The van der Waals surface area contributed by atoms with Gasteiger partial charge in [0.25, 0.3) is 10.2 Å². The molecule has 0 amide bonds. The van der Waals surface area contributed by atoms with Crippen LogP contribution in [0.3, 0.4) is 0 Å². The molecule has 7 heteroatoms. The molecular formula is C13H28N4O2S. The first-order valence-electron chi connectivity index (χ1n) is 7.55. The van der Waals surface area contributed by atoms with Crippen molar-refractivity contribution in [1.29, 1.82) is 0 Å². The van der Waals surface area contributed by atoms with Crippen molar-refractivity contribution in [3.8, 4) is 0 Å². The molecule has 2 fully saturated rings. The monoisotopic (exact) mass is 304 g/mol. The first-order chi connectivity index (χ1) is 9.39. The summed E-state index contributed by atoms with van der Waals surface area (Å²) in [7, 11) is -1.21. The van der Waals surface area contributed by atoms with Gasteiger partial charge in [-0.2, -0.15) is 17.0 Å². The van der Waals surface area contributed by atoms with E-state index in [-0.39, 0.29) is 0 Å². The molecule has 0 saturated carbocycles. The molecule has 0 N–H and O–H groups in total. The predicted octanol–water partition coefficient (Wildman–Crippen LogP) is -0.248. The van der Waals surface area contributed by atoms with Crippen molar-refractivity contribution < 1.29 is 8.42 Å². The molecule has 2 aliphatic heterocycles. The number of hydrogen-bond acceptors (Lipinski definition) is 4. The molecule has 2 heterocycles. The number of piperazine rings is 2. The standard InChI is InChI=1S/C13H28N4O2S/c1-13(2)12-15-6-10-17(11-7-15)20(18,19)16-8-4-14(3)5-9-16/h13H,4-12H2,1-3H3. The Kier molecular flexibility index (Phi) is 5.42. The Balaban J connectivity index is 1.88. The van der Waals surface area contributed by atoms with Crippen LogP contribution in [0.15, 0.2) is 0 Å². The van der Waals surface area contributed by atoms with Gasteiger partial charge in [0, 0.05) is 58.9 Å². The van der Waals surface area contributed by atoms with Crippen molar-refractivity contribution >= 4 is 10.2 Å². The van der Waals surface area contributed by atoms with E-state index in [2.05, 4.69) is 23.6 Å². The predicted molar refractivity (Wildman–Crippen MR) is 80.8 cm³/mol. The molecule has 6 nitrogen and oxygen atoms in total. The van der Waals surface area contributed by atoms with Gasteiger partial charge in [-0.15, -0.1) is 0 Å². The van der Waals surface area contributed by atoms with E-state index in [1.807, 2.05) is 7.05 Å². The van der Waals surface area contributed by atoms with Gasteiger partial charge in [-0.25, -0.2) is 0 Å². The third-order valence-corrected chi connectivity index (χ3v) is 6.10. The molecule has 0 aromatic rings. The summed E-state index contributed by atoms with van der Waals surface area (Å²) in [4.78, 5) is 4.53. The van der Waals surface area contributed by atoms with Gasteiger partial charge in [0.15, 0.2) is 0 Å². The van der Waals surface area contributed by atoms with Crippen molar-refractivity contribution in [2.45, 2.75) is 13.8 Å². The van der Waals surface area contributed by atoms with Crippen LogP contribution >= 0.6 is 0 Å². The third kappa shape index (κ3) is 3.92. The zero-order valence-corrected chi connectivity index (χ0v) is 13.8. The fourth-order valence-corrected chi connectivity index (χ4v) is 4.42. The second kappa shape index (κ2) is 6.70. The lowest BCUT2D eigenvalue weighted by molar-refractivity contribution is 0.158. The summed E-state index contributed by atoms with van der Waals surface area (Å²) in [6.07, 6.45) is 0. The zero-order chi connectivity index (χ0) is 14.8. The lowest BCUT2D eigenvalue weighted by Crippen LogP contribution is -2.56. The molecule has 0 aromatic heterocycles. The Hall–Kier alpha value is -0.210. The van der Waals surface area contributed by atoms with Gasteiger partial charge in [0.1, 0.15) is 0 Å². The normalized spacial score (nSPS) is 25.4. The smallest absolute Gasteiger partial charge is 0.282 e. The molecule has 2 saturated heterocycles. The van der Waals surface area contributed by atoms with E-state index in [1.165, 1.54) is 0 Å². The molecule has 0 radical (unpaired) electrons. The molecule has 0 bridgehead atoms. The van der Waals surface area contributed by atoms with Crippen LogP contribution in [-0.4, -0.2) is 92.8 Å². The van der Waals surface area contributed by atoms with Gasteiger partial charge in [-0.05, 0) is 13.0 Å². The van der Waals surface area contributed by atoms with Crippen LogP contribution in [0.25, 0.3) is 0 Å². The van der Waals surface area contributed by atoms with Gasteiger partial charge in [0.2, 0.25) is 0 Å². The van der Waals surface area contributed by atoms with Crippen LogP contribution < -0.4 is 0 Å². The van der Waals surface area contributed by atoms with Crippen molar-refractivity contribution in [2.75, 3.05) is 66.0 Å². The van der Waals surface area contributed by atoms with Crippen molar-refractivity contribution in [1.82, 2.24) is 18.4 Å². The second-order valence-electron chi connectivity index (χ2n) is 6.30. The summed E-state index contributed by atoms with van der Waals surface area (Å²) in [5, 5.41) is 0. The van der Waals surface area contributed by atoms with E-state index in [1.54, 1.807) is 8.61 Å². The molecule has 0 atom stereocenters. The van der Waals surface area contributed by atoms with Crippen LogP contribution in [0.4, 0.5) is 0 Å². The van der Waals surface area contributed by atoms with Gasteiger partial charge >= 0.3 is 0 Å². The second-order valence-corrected chi connectivity index (χ2v) is 8.23. The first kappa shape index (κ1) is 16.2. The molecule has 2 rings (SSSR count). The van der Waals surface area contributed by atoms with Crippen molar-refractivity contribution in [2.24, 2.45) is 5.92 Å². The summed E-state index contributed by atoms with van der Waals surface area (Å²) < 4.78 is 28.5. The largest absolute Gasteiger partial charge is 0.304 e. The topological polar surface area (TPSA) is 47.1 Å².